The third-order valence-corrected chi connectivity index (χ3v) is 5.94. The van der Waals surface area contributed by atoms with Gasteiger partial charge in [0.2, 0.25) is 5.91 Å². The largest absolute Gasteiger partial charge is 0.376 e. The molecule has 26 heavy (non-hydrogen) atoms. The first kappa shape index (κ1) is 17.6. The number of thioether (sulfide) groups is 1. The Hall–Kier alpha value is -1.79. The number of amides is 1. The van der Waals surface area contributed by atoms with E-state index in [-0.39, 0.29) is 12.0 Å². The van der Waals surface area contributed by atoms with Gasteiger partial charge in [0.15, 0.2) is 5.16 Å². The predicted molar refractivity (Wildman–Crippen MR) is 103 cm³/mol. The van der Waals surface area contributed by atoms with E-state index in [4.69, 9.17) is 9.72 Å². The lowest BCUT2D eigenvalue weighted by Crippen LogP contribution is -2.32. The summed E-state index contributed by atoms with van der Waals surface area (Å²) in [6, 6.07) is 10.3. The highest BCUT2D eigenvalue weighted by Gasteiger charge is 2.22. The van der Waals surface area contributed by atoms with Gasteiger partial charge < -0.3 is 10.1 Å². The lowest BCUT2D eigenvalue weighted by Gasteiger charge is -2.15. The molecule has 2 heterocycles. The molecule has 0 spiro atoms. The van der Waals surface area contributed by atoms with E-state index in [9.17, 15) is 4.79 Å². The van der Waals surface area contributed by atoms with Gasteiger partial charge in [-0.05, 0) is 50.7 Å². The maximum Gasteiger partial charge on any atom is 0.230 e. The first-order valence-corrected chi connectivity index (χ1v) is 10.5. The Bertz CT molecular complexity index is 754. The number of fused-ring (bicyclic) bond motifs is 1. The minimum atomic E-state index is 0.0473. The fraction of sp³-hybridized carbons (Fsp3) is 0.500. The highest BCUT2D eigenvalue weighted by atomic mass is 32.2. The van der Waals surface area contributed by atoms with E-state index in [0.717, 1.165) is 43.1 Å². The van der Waals surface area contributed by atoms with Crippen molar-refractivity contribution in [1.29, 1.82) is 0 Å². The Kier molecular flexibility index (Phi) is 5.60. The van der Waals surface area contributed by atoms with Crippen molar-refractivity contribution in [2.75, 3.05) is 18.9 Å². The van der Waals surface area contributed by atoms with Crippen LogP contribution in [0.5, 0.6) is 0 Å². The van der Waals surface area contributed by atoms with Crippen LogP contribution in [0.1, 0.15) is 37.1 Å². The Morgan fingerprint density at radius 1 is 1.23 bits per heavy atom. The van der Waals surface area contributed by atoms with Gasteiger partial charge in [0, 0.05) is 24.5 Å². The Labute approximate surface area is 158 Å². The minimum Gasteiger partial charge on any atom is -0.376 e. The smallest absolute Gasteiger partial charge is 0.230 e. The van der Waals surface area contributed by atoms with Gasteiger partial charge in [-0.3, -0.25) is 9.36 Å². The maximum atomic E-state index is 12.2. The summed E-state index contributed by atoms with van der Waals surface area (Å²) < 4.78 is 7.80. The van der Waals surface area contributed by atoms with Gasteiger partial charge in [-0.25, -0.2) is 4.98 Å². The second-order valence-corrected chi connectivity index (χ2v) is 7.84. The van der Waals surface area contributed by atoms with Crippen LogP contribution in [0.25, 0.3) is 5.69 Å². The number of nitrogens with one attached hydrogen (secondary N) is 1. The number of nitrogens with zero attached hydrogens (tertiary/aromatic N) is 2. The number of benzene rings is 1. The molecule has 1 unspecified atom stereocenters. The van der Waals surface area contributed by atoms with Crippen molar-refractivity contribution >= 4 is 17.7 Å². The standard InChI is InChI=1S/C20H25N3O2S/c24-19(21-13-16-9-6-12-25-16)14-26-20-22-17-10-4-5-11-18(17)23(20)15-7-2-1-3-8-15/h1-3,7-8,16H,4-6,9-14H2,(H,21,24). The maximum absolute atomic E-state index is 12.2. The van der Waals surface area contributed by atoms with Gasteiger partial charge in [-0.15, -0.1) is 0 Å². The molecule has 2 aromatic rings. The van der Waals surface area contributed by atoms with Crippen molar-refractivity contribution in [3.8, 4) is 5.69 Å². The topological polar surface area (TPSA) is 56.2 Å². The number of hydrogen-bond donors (Lipinski definition) is 1. The normalized spacial score (nSPS) is 19.3. The van der Waals surface area contributed by atoms with Gasteiger partial charge in [-0.2, -0.15) is 0 Å². The molecule has 1 aromatic heterocycles. The molecule has 5 nitrogen and oxygen atoms in total. The van der Waals surface area contributed by atoms with Crippen LogP contribution in [0, 0.1) is 0 Å². The quantitative estimate of drug-likeness (QED) is 0.793. The molecule has 1 atom stereocenters. The Balaban J connectivity index is 1.45. The fourth-order valence-corrected chi connectivity index (χ4v) is 4.55. The number of para-hydroxylation sites is 1. The summed E-state index contributed by atoms with van der Waals surface area (Å²) >= 11 is 1.52. The lowest BCUT2D eigenvalue weighted by molar-refractivity contribution is -0.119. The molecule has 2 aliphatic rings. The molecule has 1 aromatic carbocycles. The number of hydrogen-bond acceptors (Lipinski definition) is 4. The number of carbonyl (C=O) groups excluding carboxylic acids is 1. The van der Waals surface area contributed by atoms with E-state index in [1.54, 1.807) is 0 Å². The summed E-state index contributed by atoms with van der Waals surface area (Å²) in [5.74, 6) is 0.432. The number of aromatic nitrogens is 2. The van der Waals surface area contributed by atoms with Crippen LogP contribution in [-0.4, -0.2) is 40.5 Å². The molecular formula is C20H25N3O2S. The molecule has 1 amide bonds. The van der Waals surface area contributed by atoms with Gasteiger partial charge in [0.1, 0.15) is 0 Å². The molecule has 1 N–H and O–H groups in total. The van der Waals surface area contributed by atoms with Crippen molar-refractivity contribution in [2.45, 2.75) is 49.8 Å². The second-order valence-electron chi connectivity index (χ2n) is 6.89. The van der Waals surface area contributed by atoms with Crippen LogP contribution >= 0.6 is 11.8 Å². The van der Waals surface area contributed by atoms with Crippen molar-refractivity contribution in [3.05, 3.63) is 41.7 Å². The zero-order chi connectivity index (χ0) is 17.8. The highest BCUT2D eigenvalue weighted by molar-refractivity contribution is 7.99. The zero-order valence-corrected chi connectivity index (χ0v) is 15.8. The number of imidazole rings is 1. The van der Waals surface area contributed by atoms with Crippen LogP contribution < -0.4 is 5.32 Å². The van der Waals surface area contributed by atoms with Gasteiger partial charge in [0.25, 0.3) is 0 Å². The fourth-order valence-electron chi connectivity index (χ4n) is 3.67. The number of carbonyl (C=O) groups is 1. The molecular weight excluding hydrogens is 346 g/mol. The Morgan fingerprint density at radius 2 is 2.08 bits per heavy atom. The Morgan fingerprint density at radius 3 is 2.88 bits per heavy atom. The van der Waals surface area contributed by atoms with Crippen molar-refractivity contribution in [3.63, 3.8) is 0 Å². The average Bonchev–Trinajstić information content (AvgIpc) is 3.32. The first-order valence-electron chi connectivity index (χ1n) is 9.48. The van der Waals surface area contributed by atoms with Gasteiger partial charge in [0.05, 0.1) is 17.6 Å². The van der Waals surface area contributed by atoms with E-state index >= 15 is 0 Å². The van der Waals surface area contributed by atoms with Crippen molar-refractivity contribution in [1.82, 2.24) is 14.9 Å². The predicted octanol–water partition coefficient (Wildman–Crippen LogP) is 3.14. The molecule has 0 radical (unpaired) electrons. The van der Waals surface area contributed by atoms with E-state index in [1.807, 2.05) is 18.2 Å². The summed E-state index contributed by atoms with van der Waals surface area (Å²) in [5.41, 5.74) is 3.64. The van der Waals surface area contributed by atoms with E-state index in [2.05, 4.69) is 22.0 Å². The molecule has 6 heteroatoms. The van der Waals surface area contributed by atoms with Crippen LogP contribution in [0.2, 0.25) is 0 Å². The average molecular weight is 372 g/mol. The van der Waals surface area contributed by atoms with Crippen LogP contribution in [-0.2, 0) is 22.4 Å². The van der Waals surface area contributed by atoms with Gasteiger partial charge in [-0.1, -0.05) is 30.0 Å². The van der Waals surface area contributed by atoms with Crippen LogP contribution in [0.4, 0.5) is 0 Å². The zero-order valence-electron chi connectivity index (χ0n) is 14.9. The van der Waals surface area contributed by atoms with E-state index < -0.39 is 0 Å². The third-order valence-electron chi connectivity index (χ3n) is 5.00. The van der Waals surface area contributed by atoms with E-state index in [0.29, 0.717) is 12.3 Å². The highest BCUT2D eigenvalue weighted by Crippen LogP contribution is 2.30. The molecule has 0 saturated carbocycles. The molecule has 1 aliphatic carbocycles. The summed E-state index contributed by atoms with van der Waals surface area (Å²) in [5, 5.41) is 3.92. The number of rotatable bonds is 6. The summed E-state index contributed by atoms with van der Waals surface area (Å²) in [6.45, 7) is 1.43. The van der Waals surface area contributed by atoms with E-state index in [1.165, 1.54) is 36.0 Å². The number of ether oxygens (including phenoxy) is 1. The SMILES string of the molecule is O=C(CSc1nc2c(n1-c1ccccc1)CCCC2)NCC1CCCO1. The van der Waals surface area contributed by atoms with Gasteiger partial charge >= 0.3 is 0 Å². The first-order chi connectivity index (χ1) is 12.8. The van der Waals surface area contributed by atoms with Crippen LogP contribution in [0.3, 0.4) is 0 Å². The minimum absolute atomic E-state index is 0.0473. The third kappa shape index (κ3) is 3.96. The molecule has 4 rings (SSSR count). The molecule has 1 fully saturated rings. The van der Waals surface area contributed by atoms with Crippen LogP contribution in [0.15, 0.2) is 35.5 Å². The molecule has 0 bridgehead atoms. The summed E-state index contributed by atoms with van der Waals surface area (Å²) in [7, 11) is 0. The number of aryl methyl sites for hydroxylation is 1. The second kappa shape index (κ2) is 8.27. The lowest BCUT2D eigenvalue weighted by atomic mass is 10.0. The molecule has 1 aliphatic heterocycles. The van der Waals surface area contributed by atoms with Crippen molar-refractivity contribution < 1.29 is 9.53 Å². The monoisotopic (exact) mass is 371 g/mol. The van der Waals surface area contributed by atoms with Crippen molar-refractivity contribution in [2.24, 2.45) is 0 Å². The molecule has 1 saturated heterocycles. The molecule has 138 valence electrons. The summed E-state index contributed by atoms with van der Waals surface area (Å²) in [4.78, 5) is 17.1. The summed E-state index contributed by atoms with van der Waals surface area (Å²) in [6.07, 6.45) is 6.82.